The predicted octanol–water partition coefficient (Wildman–Crippen LogP) is 4.49. The summed E-state index contributed by atoms with van der Waals surface area (Å²) >= 11 is 0. The van der Waals surface area contributed by atoms with Gasteiger partial charge in [-0.05, 0) is 19.8 Å². The Hall–Kier alpha value is -1.55. The Morgan fingerprint density at radius 1 is 0.750 bits per heavy atom. The summed E-state index contributed by atoms with van der Waals surface area (Å²) in [4.78, 5) is 0. The average Bonchev–Trinajstić information content (AvgIpc) is 2.74. The minimum absolute atomic E-state index is 0.0266. The molecule has 7 nitrogen and oxygen atoms in total. The zero-order chi connectivity index (χ0) is 25.0. The minimum atomic E-state index is -4.22. The fraction of sp³-hybridized carbons (Fsp3) is 0.500. The van der Waals surface area contributed by atoms with Crippen LogP contribution < -0.4 is 0 Å². The van der Waals surface area contributed by atoms with Gasteiger partial charge in [0.15, 0.2) is 0 Å². The number of hydrogen-bond donors (Lipinski definition) is 3. The lowest BCUT2D eigenvalue weighted by Crippen LogP contribution is -2.08. The van der Waals surface area contributed by atoms with Crippen LogP contribution in [0.1, 0.15) is 27.7 Å². The first-order valence-electron chi connectivity index (χ1n) is 8.16. The second-order valence-electron chi connectivity index (χ2n) is 3.33. The van der Waals surface area contributed by atoms with E-state index in [1.54, 1.807) is 13.8 Å². The first kappa shape index (κ1) is 50.3. The van der Waals surface area contributed by atoms with Gasteiger partial charge in [0.25, 0.3) is 0 Å². The smallest absolute Gasteiger partial charge is 0.394 e. The Kier molecular flexibility index (Phi) is 131. The molecule has 0 atom stereocenters. The Morgan fingerprint density at radius 3 is 1.04 bits per heavy atom. The van der Waals surface area contributed by atoms with Crippen LogP contribution in [-0.2, 0) is 19.3 Å². The summed E-state index contributed by atoms with van der Waals surface area (Å²) in [5, 5.41) is 15.2. The van der Waals surface area contributed by atoms with Gasteiger partial charge >= 0.3 is 10.4 Å². The molecule has 8 heteroatoms. The molecule has 0 bridgehead atoms. The van der Waals surface area contributed by atoms with E-state index >= 15 is 0 Å². The molecule has 0 aromatic carbocycles. The Balaban J connectivity index is -0.0000000304. The van der Waals surface area contributed by atoms with Gasteiger partial charge in [-0.15, -0.1) is 65.8 Å². The Bertz CT molecular complexity index is 279. The third-order valence-corrected chi connectivity index (χ3v) is 1.49. The predicted molar refractivity (Wildman–Crippen MR) is 125 cm³/mol. The molecule has 0 aliphatic heterocycles. The van der Waals surface area contributed by atoms with Crippen LogP contribution in [0.2, 0.25) is 0 Å². The van der Waals surface area contributed by atoms with E-state index in [4.69, 9.17) is 19.5 Å². The summed E-state index contributed by atoms with van der Waals surface area (Å²) in [6.45, 7) is 39.0. The normalized spacial score (nSPS) is 7.29. The molecule has 0 saturated heterocycles. The zero-order valence-electron chi connectivity index (χ0n) is 18.6. The molecule has 28 heavy (non-hydrogen) atoms. The zero-order valence-corrected chi connectivity index (χ0v) is 19.4. The van der Waals surface area contributed by atoms with Crippen molar-refractivity contribution in [1.29, 1.82) is 0 Å². The van der Waals surface area contributed by atoms with E-state index in [0.29, 0.717) is 0 Å². The van der Waals surface area contributed by atoms with Crippen LogP contribution in [0.5, 0.6) is 0 Å². The third-order valence-electron chi connectivity index (χ3n) is 1.06. The molecule has 0 fully saturated rings. The lowest BCUT2D eigenvalue weighted by atomic mass is 10.2. The second kappa shape index (κ2) is 72.9. The SMILES string of the molecule is C=C.C=C.C=C.C=C.C=C.CC(C)COS(=O)(=O)O.CCOCC.OCCO. The summed E-state index contributed by atoms with van der Waals surface area (Å²) in [7, 11) is -4.22. The molecule has 0 aliphatic carbocycles. The van der Waals surface area contributed by atoms with Crippen molar-refractivity contribution in [3.8, 4) is 0 Å². The molecular weight excluding hydrogens is 384 g/mol. The average molecular weight is 431 g/mol. The largest absolute Gasteiger partial charge is 0.397 e. The molecule has 0 amide bonds. The topological polar surface area (TPSA) is 113 Å². The van der Waals surface area contributed by atoms with E-state index in [2.05, 4.69) is 70.0 Å². The van der Waals surface area contributed by atoms with Crippen LogP contribution in [0, 0.1) is 5.92 Å². The van der Waals surface area contributed by atoms with Gasteiger partial charge in [-0.3, -0.25) is 4.55 Å². The summed E-state index contributed by atoms with van der Waals surface area (Å²) in [6.07, 6.45) is 0. The van der Waals surface area contributed by atoms with E-state index in [1.165, 1.54) is 0 Å². The first-order chi connectivity index (χ1) is 13.2. The highest BCUT2D eigenvalue weighted by molar-refractivity contribution is 7.80. The van der Waals surface area contributed by atoms with Crippen molar-refractivity contribution < 1.29 is 32.1 Å². The van der Waals surface area contributed by atoms with Crippen LogP contribution in [0.15, 0.2) is 65.8 Å². The lowest BCUT2D eigenvalue weighted by molar-refractivity contribution is 0.162. The number of hydrogen-bond acceptors (Lipinski definition) is 6. The van der Waals surface area contributed by atoms with Crippen LogP contribution in [0.4, 0.5) is 0 Å². The molecule has 0 unspecified atom stereocenters. The first-order valence-corrected chi connectivity index (χ1v) is 9.52. The summed E-state index contributed by atoms with van der Waals surface area (Å²) in [6, 6.07) is 0. The molecule has 0 spiro atoms. The number of aliphatic hydroxyl groups is 2. The molecule has 0 aromatic heterocycles. The quantitative estimate of drug-likeness (QED) is 0.420. The van der Waals surface area contributed by atoms with Gasteiger partial charge in [-0.25, -0.2) is 4.18 Å². The van der Waals surface area contributed by atoms with E-state index < -0.39 is 10.4 Å². The van der Waals surface area contributed by atoms with Gasteiger partial charge < -0.3 is 14.9 Å². The monoisotopic (exact) mass is 430 g/mol. The van der Waals surface area contributed by atoms with E-state index in [9.17, 15) is 8.42 Å². The van der Waals surface area contributed by atoms with Gasteiger partial charge in [0, 0.05) is 13.2 Å². The van der Waals surface area contributed by atoms with Crippen LogP contribution in [0.3, 0.4) is 0 Å². The van der Waals surface area contributed by atoms with Crippen LogP contribution >= 0.6 is 0 Å². The number of rotatable bonds is 6. The van der Waals surface area contributed by atoms with E-state index in [0.717, 1.165) is 13.2 Å². The maximum atomic E-state index is 9.87. The van der Waals surface area contributed by atoms with Crippen molar-refractivity contribution in [1.82, 2.24) is 0 Å². The number of aliphatic hydroxyl groups excluding tert-OH is 2. The molecular formula is C20H46O7S. The van der Waals surface area contributed by atoms with Crippen molar-refractivity contribution in [2.75, 3.05) is 33.0 Å². The molecule has 3 N–H and O–H groups in total. The molecule has 0 heterocycles. The molecule has 0 saturated carbocycles. The highest BCUT2D eigenvalue weighted by Gasteiger charge is 2.04. The van der Waals surface area contributed by atoms with Crippen molar-refractivity contribution in [3.63, 3.8) is 0 Å². The summed E-state index contributed by atoms with van der Waals surface area (Å²) in [5.74, 6) is 0.104. The van der Waals surface area contributed by atoms with E-state index in [1.807, 2.05) is 13.8 Å². The fourth-order valence-corrected chi connectivity index (χ4v) is 0.870. The van der Waals surface area contributed by atoms with Crippen LogP contribution in [-0.4, -0.2) is 56.2 Å². The molecule has 0 aromatic rings. The standard InChI is InChI=1S/C4H10O4S.C4H10O.C2H6O2.5C2H4/c1-4(2)3-8-9(5,6)7;1-3-5-4-2;3-1-2-4;5*1-2/h4H,3H2,1-2H3,(H,5,6,7);3-4H2,1-2H3;3-4H,1-2H2;5*1-2H2. The van der Waals surface area contributed by atoms with E-state index in [-0.39, 0.29) is 25.7 Å². The number of ether oxygens (including phenoxy) is 1. The maximum Gasteiger partial charge on any atom is 0.397 e. The van der Waals surface area contributed by atoms with Gasteiger partial charge in [-0.1, -0.05) is 13.8 Å². The maximum absolute atomic E-state index is 9.87. The highest BCUT2D eigenvalue weighted by atomic mass is 32.3. The Labute approximate surface area is 175 Å². The third kappa shape index (κ3) is 242. The summed E-state index contributed by atoms with van der Waals surface area (Å²) in [5.41, 5.74) is 0. The van der Waals surface area contributed by atoms with Gasteiger partial charge in [-0.2, -0.15) is 8.42 Å². The van der Waals surface area contributed by atoms with Crippen molar-refractivity contribution in [3.05, 3.63) is 65.8 Å². The van der Waals surface area contributed by atoms with Gasteiger partial charge in [0.2, 0.25) is 0 Å². The van der Waals surface area contributed by atoms with Crippen LogP contribution in [0.25, 0.3) is 0 Å². The van der Waals surface area contributed by atoms with Crippen molar-refractivity contribution >= 4 is 10.4 Å². The van der Waals surface area contributed by atoms with Crippen molar-refractivity contribution in [2.45, 2.75) is 27.7 Å². The van der Waals surface area contributed by atoms with Crippen molar-refractivity contribution in [2.24, 2.45) is 5.92 Å². The fourth-order valence-electron chi connectivity index (χ4n) is 0.426. The summed E-state index contributed by atoms with van der Waals surface area (Å²) < 4.78 is 36.6. The Morgan fingerprint density at radius 2 is 1.00 bits per heavy atom. The molecule has 0 radical (unpaired) electrons. The second-order valence-corrected chi connectivity index (χ2v) is 4.43. The van der Waals surface area contributed by atoms with Gasteiger partial charge in [0.05, 0.1) is 19.8 Å². The van der Waals surface area contributed by atoms with Gasteiger partial charge in [0.1, 0.15) is 0 Å². The molecule has 0 aliphatic rings. The lowest BCUT2D eigenvalue weighted by Gasteiger charge is -2.00. The minimum Gasteiger partial charge on any atom is -0.394 e. The highest BCUT2D eigenvalue weighted by Crippen LogP contribution is 1.95. The molecule has 0 rings (SSSR count). The molecule has 174 valence electrons.